The van der Waals surface area contributed by atoms with Gasteiger partial charge in [-0.25, -0.2) is 0 Å². The number of ketones is 1. The van der Waals surface area contributed by atoms with Crippen molar-refractivity contribution >= 4 is 11.7 Å². The molecule has 0 radical (unpaired) electrons. The van der Waals surface area contributed by atoms with Crippen LogP contribution in [0.2, 0.25) is 0 Å². The van der Waals surface area contributed by atoms with Crippen molar-refractivity contribution in [2.24, 2.45) is 0 Å². The topological polar surface area (TPSA) is 110 Å². The first-order chi connectivity index (χ1) is 9.13. The van der Waals surface area contributed by atoms with Gasteiger partial charge in [0.05, 0.1) is 17.8 Å². The molecular weight excluding hydrogens is 250 g/mol. The van der Waals surface area contributed by atoms with Crippen LogP contribution < -0.4 is 0 Å². The van der Waals surface area contributed by atoms with Crippen molar-refractivity contribution < 1.29 is 14.1 Å². The first kappa shape index (κ1) is 12.4. The molecule has 0 aromatic carbocycles. The second kappa shape index (κ2) is 5.10. The number of hydrogen-bond donors (Lipinski definition) is 0. The van der Waals surface area contributed by atoms with Crippen molar-refractivity contribution in [3.05, 3.63) is 58.1 Å². The van der Waals surface area contributed by atoms with Crippen molar-refractivity contribution in [2.75, 3.05) is 0 Å². The Balaban J connectivity index is 2.31. The molecule has 0 saturated carbocycles. The summed E-state index contributed by atoms with van der Waals surface area (Å²) in [7, 11) is 0. The first-order valence-corrected chi connectivity index (χ1v) is 5.22. The summed E-state index contributed by atoms with van der Waals surface area (Å²) in [4.78, 5) is 25.7. The van der Waals surface area contributed by atoms with Crippen molar-refractivity contribution in [1.82, 2.24) is 4.98 Å². The number of pyridine rings is 1. The van der Waals surface area contributed by atoms with E-state index in [0.29, 0.717) is 0 Å². The average molecular weight is 257 g/mol. The Kier molecular flexibility index (Phi) is 3.34. The smallest absolute Gasteiger partial charge is 0.397 e. The van der Waals surface area contributed by atoms with E-state index < -0.39 is 22.5 Å². The van der Waals surface area contributed by atoms with Crippen molar-refractivity contribution in [3.63, 3.8) is 0 Å². The fourth-order valence-electron chi connectivity index (χ4n) is 1.51. The van der Waals surface area contributed by atoms with Gasteiger partial charge in [-0.05, 0) is 18.2 Å². The van der Waals surface area contributed by atoms with E-state index in [0.717, 1.165) is 6.07 Å². The lowest BCUT2D eigenvalue weighted by atomic mass is 9.99. The maximum Gasteiger partial charge on any atom is 0.433 e. The molecule has 0 spiro atoms. The molecule has 0 aliphatic heterocycles. The monoisotopic (exact) mass is 257 g/mol. The van der Waals surface area contributed by atoms with E-state index in [4.69, 9.17) is 9.68 Å². The van der Waals surface area contributed by atoms with Crippen LogP contribution in [0.25, 0.3) is 0 Å². The molecule has 1 atom stereocenters. The largest absolute Gasteiger partial charge is 0.433 e. The van der Waals surface area contributed by atoms with Gasteiger partial charge >= 0.3 is 5.88 Å². The molecule has 2 heterocycles. The van der Waals surface area contributed by atoms with Crippen molar-refractivity contribution in [2.45, 2.75) is 5.92 Å². The van der Waals surface area contributed by atoms with E-state index in [1.165, 1.54) is 18.3 Å². The molecule has 94 valence electrons. The Morgan fingerprint density at radius 3 is 2.74 bits per heavy atom. The van der Waals surface area contributed by atoms with Crippen LogP contribution >= 0.6 is 0 Å². The lowest BCUT2D eigenvalue weighted by Crippen LogP contribution is -2.11. The fraction of sp³-hybridized carbons (Fsp3) is 0.0833. The Labute approximate surface area is 107 Å². The predicted molar refractivity (Wildman–Crippen MR) is 62.3 cm³/mol. The van der Waals surface area contributed by atoms with E-state index in [2.05, 4.69) is 4.98 Å². The summed E-state index contributed by atoms with van der Waals surface area (Å²) in [5, 5.41) is 19.5. The van der Waals surface area contributed by atoms with Gasteiger partial charge in [-0.15, -0.1) is 0 Å². The highest BCUT2D eigenvalue weighted by Crippen LogP contribution is 2.22. The summed E-state index contributed by atoms with van der Waals surface area (Å²) in [6.07, 6.45) is 1.46. The minimum Gasteiger partial charge on any atom is -0.397 e. The van der Waals surface area contributed by atoms with Crippen LogP contribution in [-0.4, -0.2) is 15.7 Å². The number of nitro groups is 1. The summed E-state index contributed by atoms with van der Waals surface area (Å²) in [6, 6.07) is 8.88. The lowest BCUT2D eigenvalue weighted by molar-refractivity contribution is -0.402. The molecule has 2 aromatic heterocycles. The summed E-state index contributed by atoms with van der Waals surface area (Å²) < 4.78 is 4.78. The van der Waals surface area contributed by atoms with Crippen molar-refractivity contribution in [1.29, 1.82) is 5.26 Å². The molecular formula is C12H7N3O4. The number of furan rings is 1. The average Bonchev–Trinajstić information content (AvgIpc) is 2.90. The van der Waals surface area contributed by atoms with Crippen LogP contribution in [0.5, 0.6) is 0 Å². The quantitative estimate of drug-likeness (QED) is 0.471. The van der Waals surface area contributed by atoms with Gasteiger partial charge in [0.25, 0.3) is 0 Å². The molecule has 2 aromatic rings. The van der Waals surface area contributed by atoms with Gasteiger partial charge in [-0.3, -0.25) is 19.9 Å². The molecule has 2 rings (SSSR count). The molecule has 7 nitrogen and oxygen atoms in total. The number of rotatable bonds is 4. The van der Waals surface area contributed by atoms with Crippen LogP contribution in [0, 0.1) is 21.4 Å². The highest BCUT2D eigenvalue weighted by atomic mass is 16.6. The second-order valence-electron chi connectivity index (χ2n) is 3.58. The Morgan fingerprint density at radius 1 is 1.42 bits per heavy atom. The van der Waals surface area contributed by atoms with Crippen molar-refractivity contribution in [3.8, 4) is 6.07 Å². The maximum absolute atomic E-state index is 12.0. The maximum atomic E-state index is 12.0. The Morgan fingerprint density at radius 2 is 2.21 bits per heavy atom. The summed E-state index contributed by atoms with van der Waals surface area (Å²) in [6.45, 7) is 0. The molecule has 19 heavy (non-hydrogen) atoms. The first-order valence-electron chi connectivity index (χ1n) is 5.22. The molecule has 7 heteroatoms. The van der Waals surface area contributed by atoms with Gasteiger partial charge in [-0.2, -0.15) is 5.26 Å². The number of Topliss-reactive ketones (excluding diaryl/α,β-unsaturated/α-hetero) is 1. The number of carbonyl (C=O) groups is 1. The highest BCUT2D eigenvalue weighted by molar-refractivity contribution is 6.00. The van der Waals surface area contributed by atoms with Crippen LogP contribution in [0.3, 0.4) is 0 Å². The van der Waals surface area contributed by atoms with E-state index in [-0.39, 0.29) is 11.5 Å². The van der Waals surface area contributed by atoms with Crippen LogP contribution in [0.1, 0.15) is 22.2 Å². The van der Waals surface area contributed by atoms with Gasteiger partial charge in [0.15, 0.2) is 11.7 Å². The Hall–Kier alpha value is -3.01. The molecule has 0 unspecified atom stereocenters. The molecule has 0 aliphatic rings. The summed E-state index contributed by atoms with van der Waals surface area (Å²) in [5.41, 5.74) is 0.272. The van der Waals surface area contributed by atoms with E-state index in [1.54, 1.807) is 12.1 Å². The molecule has 0 bridgehead atoms. The van der Waals surface area contributed by atoms with Gasteiger partial charge < -0.3 is 4.42 Å². The molecule has 0 aliphatic carbocycles. The second-order valence-corrected chi connectivity index (χ2v) is 3.58. The fourth-order valence-corrected chi connectivity index (χ4v) is 1.51. The van der Waals surface area contributed by atoms with Gasteiger partial charge in [0.2, 0.25) is 5.78 Å². The zero-order chi connectivity index (χ0) is 13.8. The number of nitriles is 1. The summed E-state index contributed by atoms with van der Waals surface area (Å²) >= 11 is 0. The standard InChI is InChI=1S/C12H7N3O4/c13-7-8(9-3-1-2-6-14-9)12(16)10-4-5-11(19-10)15(17)18/h1-6,8H/t8-/m1/s1. The van der Waals surface area contributed by atoms with E-state index in [1.807, 2.05) is 6.07 Å². The zero-order valence-electron chi connectivity index (χ0n) is 9.52. The molecule has 0 amide bonds. The lowest BCUT2D eigenvalue weighted by Gasteiger charge is -2.04. The van der Waals surface area contributed by atoms with E-state index in [9.17, 15) is 14.9 Å². The highest BCUT2D eigenvalue weighted by Gasteiger charge is 2.27. The predicted octanol–water partition coefficient (Wildman–Crippen LogP) is 2.07. The number of carbonyl (C=O) groups excluding carboxylic acids is 1. The van der Waals surface area contributed by atoms with Gasteiger partial charge in [0, 0.05) is 6.20 Å². The molecule has 0 fully saturated rings. The van der Waals surface area contributed by atoms with Crippen LogP contribution in [-0.2, 0) is 0 Å². The third-order valence-corrected chi connectivity index (χ3v) is 2.39. The number of hydrogen-bond acceptors (Lipinski definition) is 6. The van der Waals surface area contributed by atoms with Crippen LogP contribution in [0.4, 0.5) is 5.88 Å². The third-order valence-electron chi connectivity index (χ3n) is 2.39. The molecule has 0 N–H and O–H groups in total. The number of nitrogens with zero attached hydrogens (tertiary/aromatic N) is 3. The third kappa shape index (κ3) is 2.47. The SMILES string of the molecule is N#C[C@@H](C(=O)c1ccc([N+](=O)[O-])o1)c1ccccn1. The molecule has 0 saturated heterocycles. The van der Waals surface area contributed by atoms with Crippen LogP contribution in [0.15, 0.2) is 40.9 Å². The summed E-state index contributed by atoms with van der Waals surface area (Å²) in [5.74, 6) is -2.58. The van der Waals surface area contributed by atoms with Gasteiger partial charge in [0.1, 0.15) is 4.92 Å². The van der Waals surface area contributed by atoms with E-state index >= 15 is 0 Å². The minimum absolute atomic E-state index is 0.232. The Bertz CT molecular complexity index is 657. The normalized spacial score (nSPS) is 11.5. The zero-order valence-corrected chi connectivity index (χ0v) is 9.52. The number of aromatic nitrogens is 1. The minimum atomic E-state index is -1.15. The van der Waals surface area contributed by atoms with Gasteiger partial charge in [-0.1, -0.05) is 6.07 Å².